The van der Waals surface area contributed by atoms with Gasteiger partial charge in [0.05, 0.1) is 29.0 Å². The molecule has 0 bridgehead atoms. The van der Waals surface area contributed by atoms with Crippen LogP contribution in [0.25, 0.3) is 5.69 Å². The van der Waals surface area contributed by atoms with Gasteiger partial charge < -0.3 is 9.64 Å². The first-order chi connectivity index (χ1) is 16.1. The quantitative estimate of drug-likeness (QED) is 0.503. The van der Waals surface area contributed by atoms with E-state index in [1.807, 2.05) is 18.0 Å². The van der Waals surface area contributed by atoms with Crippen molar-refractivity contribution in [1.82, 2.24) is 18.9 Å². The minimum Gasteiger partial charge on any atom is -0.381 e. The van der Waals surface area contributed by atoms with Crippen LogP contribution in [-0.4, -0.2) is 45.2 Å². The van der Waals surface area contributed by atoms with Crippen molar-refractivity contribution >= 4 is 17.3 Å². The van der Waals surface area contributed by atoms with E-state index in [9.17, 15) is 18.0 Å². The molecule has 11 heteroatoms. The summed E-state index contributed by atoms with van der Waals surface area (Å²) in [6, 6.07) is 2.63. The van der Waals surface area contributed by atoms with E-state index in [-0.39, 0.29) is 18.3 Å². The van der Waals surface area contributed by atoms with Crippen molar-refractivity contribution in [3.63, 3.8) is 0 Å². The average Bonchev–Trinajstić information content (AvgIpc) is 3.38. The van der Waals surface area contributed by atoms with E-state index in [1.165, 1.54) is 15.3 Å². The maximum atomic E-state index is 13.9. The third-order valence-electron chi connectivity index (χ3n) is 6.28. The molecule has 0 spiro atoms. The van der Waals surface area contributed by atoms with E-state index in [2.05, 4.69) is 5.10 Å². The van der Waals surface area contributed by atoms with Gasteiger partial charge in [-0.15, -0.1) is 0 Å². The second-order valence-electron chi connectivity index (χ2n) is 8.49. The molecule has 0 N–H and O–H groups in total. The van der Waals surface area contributed by atoms with Crippen LogP contribution in [0, 0.1) is 6.92 Å². The number of ether oxygens (including phenoxy) is 1. The summed E-state index contributed by atoms with van der Waals surface area (Å²) in [6.07, 6.45) is 1.76. The van der Waals surface area contributed by atoms with Gasteiger partial charge in [-0.1, -0.05) is 11.6 Å². The van der Waals surface area contributed by atoms with Crippen LogP contribution in [0.1, 0.15) is 36.6 Å². The van der Waals surface area contributed by atoms with E-state index in [1.54, 1.807) is 30.9 Å². The van der Waals surface area contributed by atoms with E-state index >= 15 is 0 Å². The SMILES string of the molecule is CCn1cc(Cn2c(C)cn(-c3cc(N(C)C4CCOCC4)cc(C(F)(F)F)c3Cl)c2=O)cn1. The van der Waals surface area contributed by atoms with Gasteiger partial charge in [-0.2, -0.15) is 18.3 Å². The number of hydrogen-bond donors (Lipinski definition) is 0. The van der Waals surface area contributed by atoms with Crippen molar-refractivity contribution < 1.29 is 17.9 Å². The molecule has 2 aromatic heterocycles. The Labute approximate surface area is 200 Å². The highest BCUT2D eigenvalue weighted by atomic mass is 35.5. The molecule has 0 aliphatic carbocycles. The van der Waals surface area contributed by atoms with E-state index in [0.717, 1.165) is 11.6 Å². The zero-order valence-corrected chi connectivity index (χ0v) is 20.0. The zero-order chi connectivity index (χ0) is 24.6. The van der Waals surface area contributed by atoms with Gasteiger partial charge in [0.1, 0.15) is 0 Å². The lowest BCUT2D eigenvalue weighted by Crippen LogP contribution is -2.37. The predicted octanol–water partition coefficient (Wildman–Crippen LogP) is 4.50. The van der Waals surface area contributed by atoms with Crippen LogP contribution >= 0.6 is 11.6 Å². The van der Waals surface area contributed by atoms with Crippen molar-refractivity contribution in [1.29, 1.82) is 0 Å². The number of nitrogens with zero attached hydrogens (tertiary/aromatic N) is 5. The fourth-order valence-electron chi connectivity index (χ4n) is 4.26. The molecule has 184 valence electrons. The molecular formula is C23H27ClF3N5O2. The summed E-state index contributed by atoms with van der Waals surface area (Å²) in [4.78, 5) is 15.1. The monoisotopic (exact) mass is 497 g/mol. The lowest BCUT2D eigenvalue weighted by Gasteiger charge is -2.33. The van der Waals surface area contributed by atoms with Crippen molar-refractivity contribution in [3.05, 3.63) is 63.1 Å². The van der Waals surface area contributed by atoms with Gasteiger partial charge >= 0.3 is 11.9 Å². The molecule has 1 fully saturated rings. The average molecular weight is 498 g/mol. The van der Waals surface area contributed by atoms with E-state index < -0.39 is 22.5 Å². The Morgan fingerprint density at radius 2 is 1.94 bits per heavy atom. The third-order valence-corrected chi connectivity index (χ3v) is 6.68. The molecule has 4 rings (SSSR count). The molecule has 1 aliphatic heterocycles. The second kappa shape index (κ2) is 9.50. The predicted molar refractivity (Wildman–Crippen MR) is 124 cm³/mol. The topological polar surface area (TPSA) is 57.2 Å². The Bertz CT molecular complexity index is 1220. The summed E-state index contributed by atoms with van der Waals surface area (Å²) in [5.41, 5.74) is 0.327. The molecule has 3 aromatic rings. The van der Waals surface area contributed by atoms with Crippen LogP contribution in [0.4, 0.5) is 18.9 Å². The van der Waals surface area contributed by atoms with Crippen LogP contribution in [0.3, 0.4) is 0 Å². The number of hydrogen-bond acceptors (Lipinski definition) is 4. The Kier molecular flexibility index (Phi) is 6.82. The number of rotatable bonds is 6. The maximum absolute atomic E-state index is 13.9. The summed E-state index contributed by atoms with van der Waals surface area (Å²) < 4.78 is 51.6. The largest absolute Gasteiger partial charge is 0.417 e. The molecule has 0 radical (unpaired) electrons. The molecular weight excluding hydrogens is 471 g/mol. The fraction of sp³-hybridized carbons (Fsp3) is 0.478. The summed E-state index contributed by atoms with van der Waals surface area (Å²) in [7, 11) is 1.76. The molecule has 34 heavy (non-hydrogen) atoms. The normalized spacial score (nSPS) is 15.1. The van der Waals surface area contributed by atoms with Gasteiger partial charge in [-0.25, -0.2) is 4.79 Å². The molecule has 0 amide bonds. The molecule has 1 aliphatic rings. The number of aromatic nitrogens is 4. The first-order valence-electron chi connectivity index (χ1n) is 11.1. The van der Waals surface area contributed by atoms with Gasteiger partial charge in [0.25, 0.3) is 0 Å². The highest BCUT2D eigenvalue weighted by molar-refractivity contribution is 6.33. The molecule has 1 aromatic carbocycles. The van der Waals surface area contributed by atoms with Crippen LogP contribution in [0.5, 0.6) is 0 Å². The molecule has 7 nitrogen and oxygen atoms in total. The van der Waals surface area contributed by atoms with E-state index in [0.29, 0.717) is 44.0 Å². The number of alkyl halides is 3. The maximum Gasteiger partial charge on any atom is 0.417 e. The molecule has 0 saturated carbocycles. The Hall–Kier alpha value is -2.72. The minimum absolute atomic E-state index is 0.00139. The standard InChI is InChI=1S/C23H27ClF3N5O2/c1-4-30-13-16(11-28-30)14-31-15(2)12-32(22(31)33)20-10-18(9-19(21(20)24)23(25,26)27)29(3)17-5-7-34-8-6-17/h9-13,17H,4-8,14H2,1-3H3. The lowest BCUT2D eigenvalue weighted by atomic mass is 10.1. The summed E-state index contributed by atoms with van der Waals surface area (Å²) in [5, 5.41) is 3.71. The first kappa shape index (κ1) is 24.4. The third kappa shape index (κ3) is 4.74. The van der Waals surface area contributed by atoms with Crippen LogP contribution in [-0.2, 0) is 24.0 Å². The van der Waals surface area contributed by atoms with Crippen molar-refractivity contribution in [2.45, 2.75) is 52.0 Å². The summed E-state index contributed by atoms with van der Waals surface area (Å²) in [6.45, 7) is 5.74. The molecule has 3 heterocycles. The van der Waals surface area contributed by atoms with Crippen molar-refractivity contribution in [3.8, 4) is 5.69 Å². The minimum atomic E-state index is -4.67. The lowest BCUT2D eigenvalue weighted by molar-refractivity contribution is -0.137. The summed E-state index contributed by atoms with van der Waals surface area (Å²) in [5.74, 6) is 0. The van der Waals surface area contributed by atoms with E-state index in [4.69, 9.17) is 16.3 Å². The Morgan fingerprint density at radius 1 is 1.24 bits per heavy atom. The van der Waals surface area contributed by atoms with Gasteiger partial charge in [0.15, 0.2) is 0 Å². The van der Waals surface area contributed by atoms with Crippen LogP contribution < -0.4 is 10.6 Å². The number of anilines is 1. The number of imidazole rings is 1. The smallest absolute Gasteiger partial charge is 0.381 e. The van der Waals surface area contributed by atoms with Crippen molar-refractivity contribution in [2.75, 3.05) is 25.2 Å². The highest BCUT2D eigenvalue weighted by Gasteiger charge is 2.36. The first-order valence-corrected chi connectivity index (χ1v) is 11.5. The molecule has 0 unspecified atom stereocenters. The molecule has 0 atom stereocenters. The zero-order valence-electron chi connectivity index (χ0n) is 19.3. The number of benzene rings is 1. The highest BCUT2D eigenvalue weighted by Crippen LogP contribution is 2.41. The number of aryl methyl sites for hydroxylation is 2. The summed E-state index contributed by atoms with van der Waals surface area (Å²) >= 11 is 6.27. The van der Waals surface area contributed by atoms with Gasteiger partial charge in [-0.05, 0) is 38.8 Å². The number of halogens is 4. The Balaban J connectivity index is 1.79. The molecule has 1 saturated heterocycles. The fourth-order valence-corrected chi connectivity index (χ4v) is 4.57. The van der Waals surface area contributed by atoms with Crippen molar-refractivity contribution in [2.24, 2.45) is 0 Å². The second-order valence-corrected chi connectivity index (χ2v) is 8.87. The van der Waals surface area contributed by atoms with Crippen LogP contribution in [0.15, 0.2) is 35.5 Å². The van der Waals surface area contributed by atoms with Gasteiger partial charge in [0, 0.05) is 62.2 Å². The van der Waals surface area contributed by atoms with Gasteiger partial charge in [0.2, 0.25) is 0 Å². The van der Waals surface area contributed by atoms with Crippen LogP contribution in [0.2, 0.25) is 5.02 Å². The van der Waals surface area contributed by atoms with Gasteiger partial charge in [-0.3, -0.25) is 13.8 Å². The Morgan fingerprint density at radius 3 is 2.56 bits per heavy atom.